The summed E-state index contributed by atoms with van der Waals surface area (Å²) < 4.78 is 1.23. The van der Waals surface area contributed by atoms with Gasteiger partial charge in [0, 0.05) is 6.54 Å². The first kappa shape index (κ1) is 14.8. The Labute approximate surface area is 135 Å². The van der Waals surface area contributed by atoms with Crippen LogP contribution in [0.25, 0.3) is 10.2 Å². The molecule has 110 valence electrons. The molecule has 0 aliphatic heterocycles. The smallest absolute Gasteiger partial charge is 0.108 e. The molecular formula is C19H18N2S. The Morgan fingerprint density at radius 2 is 1.86 bits per heavy atom. The molecular weight excluding hydrogens is 288 g/mol. The van der Waals surface area contributed by atoms with Gasteiger partial charge in [-0.15, -0.1) is 17.8 Å². The van der Waals surface area contributed by atoms with E-state index in [2.05, 4.69) is 60.2 Å². The lowest BCUT2D eigenvalue weighted by molar-refractivity contribution is 0.290. The van der Waals surface area contributed by atoms with Crippen LogP contribution in [0.2, 0.25) is 0 Å². The number of aromatic nitrogens is 1. The van der Waals surface area contributed by atoms with Crippen molar-refractivity contribution in [3.63, 3.8) is 0 Å². The summed E-state index contributed by atoms with van der Waals surface area (Å²) in [7, 11) is 0. The number of rotatable bonds is 5. The molecule has 0 bridgehead atoms. The summed E-state index contributed by atoms with van der Waals surface area (Å²) in [5.41, 5.74) is 3.62. The van der Waals surface area contributed by atoms with Gasteiger partial charge in [0.15, 0.2) is 0 Å². The molecule has 0 N–H and O–H groups in total. The molecule has 0 atom stereocenters. The Kier molecular flexibility index (Phi) is 4.53. The number of para-hydroxylation sites is 1. The molecule has 0 aliphatic carbocycles. The molecule has 0 fully saturated rings. The van der Waals surface area contributed by atoms with Crippen molar-refractivity contribution in [3.05, 3.63) is 64.7 Å². The fourth-order valence-corrected chi connectivity index (χ4v) is 3.44. The minimum absolute atomic E-state index is 0.629. The zero-order valence-corrected chi connectivity index (χ0v) is 13.4. The predicted molar refractivity (Wildman–Crippen MR) is 93.7 cm³/mol. The topological polar surface area (TPSA) is 16.1 Å². The third kappa shape index (κ3) is 3.54. The van der Waals surface area contributed by atoms with E-state index < -0.39 is 0 Å². The minimum atomic E-state index is 0.629. The van der Waals surface area contributed by atoms with E-state index in [1.807, 2.05) is 6.07 Å². The summed E-state index contributed by atoms with van der Waals surface area (Å²) in [6.45, 7) is 4.37. The summed E-state index contributed by atoms with van der Waals surface area (Å²) in [4.78, 5) is 6.95. The van der Waals surface area contributed by atoms with Crippen molar-refractivity contribution in [2.24, 2.45) is 0 Å². The summed E-state index contributed by atoms with van der Waals surface area (Å²) in [6, 6.07) is 16.9. The van der Waals surface area contributed by atoms with Crippen molar-refractivity contribution in [1.29, 1.82) is 0 Å². The second kappa shape index (κ2) is 6.74. The van der Waals surface area contributed by atoms with Crippen molar-refractivity contribution in [3.8, 4) is 12.3 Å². The van der Waals surface area contributed by atoms with Crippen molar-refractivity contribution >= 4 is 21.6 Å². The maximum atomic E-state index is 5.53. The van der Waals surface area contributed by atoms with Crippen LogP contribution < -0.4 is 0 Å². The number of benzene rings is 2. The van der Waals surface area contributed by atoms with Gasteiger partial charge >= 0.3 is 0 Å². The number of hydrogen-bond donors (Lipinski definition) is 0. The lowest BCUT2D eigenvalue weighted by Crippen LogP contribution is -2.23. The first-order valence-corrected chi connectivity index (χ1v) is 8.12. The van der Waals surface area contributed by atoms with Crippen LogP contribution in [-0.4, -0.2) is 16.4 Å². The molecule has 1 heterocycles. The molecule has 0 amide bonds. The number of aryl methyl sites for hydroxylation is 1. The standard InChI is InChI=1S/C19H18N2S/c1-3-12-21(13-16-10-8-15(2)9-11-16)14-19-20-17-6-4-5-7-18(17)22-19/h1,4-11H,12-14H2,2H3. The Morgan fingerprint density at radius 3 is 2.59 bits per heavy atom. The fraction of sp³-hybridized carbons (Fsp3) is 0.211. The average molecular weight is 306 g/mol. The zero-order chi connectivity index (χ0) is 15.4. The van der Waals surface area contributed by atoms with Gasteiger partial charge in [0.1, 0.15) is 5.01 Å². The third-order valence-electron chi connectivity index (χ3n) is 3.54. The number of nitrogens with zero attached hydrogens (tertiary/aromatic N) is 2. The molecule has 22 heavy (non-hydrogen) atoms. The van der Waals surface area contributed by atoms with Crippen LogP contribution in [0.3, 0.4) is 0 Å². The molecule has 0 saturated heterocycles. The van der Waals surface area contributed by atoms with Crippen LogP contribution in [0.15, 0.2) is 48.5 Å². The predicted octanol–water partition coefficient (Wildman–Crippen LogP) is 4.24. The summed E-state index contributed by atoms with van der Waals surface area (Å²) in [5.74, 6) is 2.76. The van der Waals surface area contributed by atoms with E-state index in [-0.39, 0.29) is 0 Å². The van der Waals surface area contributed by atoms with Gasteiger partial charge in [-0.25, -0.2) is 4.98 Å². The summed E-state index contributed by atoms with van der Waals surface area (Å²) in [5, 5.41) is 1.11. The molecule has 3 heteroatoms. The van der Waals surface area contributed by atoms with E-state index in [0.29, 0.717) is 6.54 Å². The van der Waals surface area contributed by atoms with Gasteiger partial charge in [0.05, 0.1) is 23.3 Å². The van der Waals surface area contributed by atoms with E-state index in [0.717, 1.165) is 23.6 Å². The SMILES string of the molecule is C#CCN(Cc1ccc(C)cc1)Cc1nc2ccccc2s1. The largest absolute Gasteiger partial charge is 0.281 e. The van der Waals surface area contributed by atoms with Crippen molar-refractivity contribution < 1.29 is 0 Å². The zero-order valence-electron chi connectivity index (χ0n) is 12.6. The Balaban J connectivity index is 1.76. The van der Waals surface area contributed by atoms with Crippen LogP contribution in [0, 0.1) is 19.3 Å². The number of hydrogen-bond acceptors (Lipinski definition) is 3. The van der Waals surface area contributed by atoms with Crippen LogP contribution in [0.1, 0.15) is 16.1 Å². The van der Waals surface area contributed by atoms with Gasteiger partial charge in [0.2, 0.25) is 0 Å². The van der Waals surface area contributed by atoms with Crippen LogP contribution in [-0.2, 0) is 13.1 Å². The highest BCUT2D eigenvalue weighted by Gasteiger charge is 2.10. The number of terminal acetylenes is 1. The molecule has 3 aromatic rings. The summed E-state index contributed by atoms with van der Waals surface area (Å²) in [6.07, 6.45) is 5.53. The second-order valence-electron chi connectivity index (χ2n) is 5.41. The van der Waals surface area contributed by atoms with Gasteiger partial charge in [0.25, 0.3) is 0 Å². The van der Waals surface area contributed by atoms with Crippen molar-refractivity contribution in [2.75, 3.05) is 6.54 Å². The van der Waals surface area contributed by atoms with Gasteiger partial charge in [-0.05, 0) is 24.6 Å². The molecule has 3 rings (SSSR count). The van der Waals surface area contributed by atoms with E-state index in [1.165, 1.54) is 15.8 Å². The van der Waals surface area contributed by atoms with Gasteiger partial charge in [-0.2, -0.15) is 0 Å². The van der Waals surface area contributed by atoms with Gasteiger partial charge < -0.3 is 0 Å². The summed E-state index contributed by atoms with van der Waals surface area (Å²) >= 11 is 1.74. The maximum absolute atomic E-state index is 5.53. The van der Waals surface area contributed by atoms with Gasteiger partial charge in [-0.1, -0.05) is 47.9 Å². The molecule has 2 aromatic carbocycles. The van der Waals surface area contributed by atoms with Crippen LogP contribution in [0.5, 0.6) is 0 Å². The molecule has 0 radical (unpaired) electrons. The number of thiazole rings is 1. The van der Waals surface area contributed by atoms with E-state index >= 15 is 0 Å². The van der Waals surface area contributed by atoms with Crippen LogP contribution >= 0.6 is 11.3 Å². The van der Waals surface area contributed by atoms with Gasteiger partial charge in [-0.3, -0.25) is 4.90 Å². The fourth-order valence-electron chi connectivity index (χ4n) is 2.43. The Hall–Kier alpha value is -2.15. The lowest BCUT2D eigenvalue weighted by Gasteiger charge is -2.18. The van der Waals surface area contributed by atoms with E-state index in [1.54, 1.807) is 11.3 Å². The van der Waals surface area contributed by atoms with Crippen molar-refractivity contribution in [2.45, 2.75) is 20.0 Å². The first-order valence-electron chi connectivity index (χ1n) is 7.30. The minimum Gasteiger partial charge on any atom is -0.281 e. The Bertz CT molecular complexity index is 763. The monoisotopic (exact) mass is 306 g/mol. The number of fused-ring (bicyclic) bond motifs is 1. The first-order chi connectivity index (χ1) is 10.7. The molecule has 2 nitrogen and oxygen atoms in total. The molecule has 0 aliphatic rings. The lowest BCUT2D eigenvalue weighted by atomic mass is 10.1. The highest BCUT2D eigenvalue weighted by Crippen LogP contribution is 2.23. The molecule has 0 saturated carbocycles. The molecule has 1 aromatic heterocycles. The normalized spacial score (nSPS) is 11.0. The average Bonchev–Trinajstić information content (AvgIpc) is 2.92. The van der Waals surface area contributed by atoms with Crippen molar-refractivity contribution in [1.82, 2.24) is 9.88 Å². The third-order valence-corrected chi connectivity index (χ3v) is 4.56. The molecule has 0 spiro atoms. The highest BCUT2D eigenvalue weighted by molar-refractivity contribution is 7.18. The second-order valence-corrected chi connectivity index (χ2v) is 6.53. The maximum Gasteiger partial charge on any atom is 0.108 e. The van der Waals surface area contributed by atoms with Crippen LogP contribution in [0.4, 0.5) is 0 Å². The Morgan fingerprint density at radius 1 is 1.09 bits per heavy atom. The highest BCUT2D eigenvalue weighted by atomic mass is 32.1. The van der Waals surface area contributed by atoms with E-state index in [4.69, 9.17) is 11.4 Å². The quantitative estimate of drug-likeness (QED) is 0.655. The van der Waals surface area contributed by atoms with E-state index in [9.17, 15) is 0 Å². The molecule has 0 unspecified atom stereocenters.